The van der Waals surface area contributed by atoms with Gasteiger partial charge in [0.15, 0.2) is 0 Å². The Hall–Kier alpha value is -2.30. The first-order valence-corrected chi connectivity index (χ1v) is 9.75. The fourth-order valence-corrected chi connectivity index (χ4v) is 4.47. The first-order valence-electron chi connectivity index (χ1n) is 9.37. The Bertz CT molecular complexity index is 853. The normalized spacial score (nSPS) is 22.5. The third-order valence-electron chi connectivity index (χ3n) is 5.62. The summed E-state index contributed by atoms with van der Waals surface area (Å²) in [5.41, 5.74) is 1.97. The third-order valence-corrected chi connectivity index (χ3v) is 6.06. The number of amides is 1. The summed E-state index contributed by atoms with van der Waals surface area (Å²) < 4.78 is 0. The fraction of sp³-hybridized carbons (Fsp3) is 0.318. The van der Waals surface area contributed by atoms with E-state index >= 15 is 0 Å². The van der Waals surface area contributed by atoms with E-state index in [0.29, 0.717) is 17.6 Å². The second-order valence-electron chi connectivity index (χ2n) is 7.21. The molecule has 2 aromatic carbocycles. The van der Waals surface area contributed by atoms with Gasteiger partial charge in [0.05, 0.1) is 5.02 Å². The zero-order valence-corrected chi connectivity index (χ0v) is 15.8. The molecular weight excluding hydrogens is 360 g/mol. The molecule has 140 valence electrons. The van der Waals surface area contributed by atoms with Crippen LogP contribution in [0.15, 0.2) is 54.6 Å². The van der Waals surface area contributed by atoms with Crippen LogP contribution >= 0.6 is 11.6 Å². The second-order valence-corrected chi connectivity index (χ2v) is 7.59. The Morgan fingerprint density at radius 3 is 2.67 bits per heavy atom. The summed E-state index contributed by atoms with van der Waals surface area (Å²) in [7, 11) is 0. The van der Waals surface area contributed by atoms with Crippen molar-refractivity contribution in [3.05, 3.63) is 70.8 Å². The van der Waals surface area contributed by atoms with E-state index in [2.05, 4.69) is 4.90 Å². The van der Waals surface area contributed by atoms with Crippen molar-refractivity contribution < 1.29 is 9.90 Å². The highest BCUT2D eigenvalue weighted by molar-refractivity contribution is 6.32. The Morgan fingerprint density at radius 2 is 1.85 bits per heavy atom. The first-order chi connectivity index (χ1) is 13.1. The molecule has 2 heterocycles. The summed E-state index contributed by atoms with van der Waals surface area (Å²) in [4.78, 5) is 17.1. The van der Waals surface area contributed by atoms with Crippen molar-refractivity contribution >= 4 is 23.6 Å². The lowest BCUT2D eigenvalue weighted by molar-refractivity contribution is -0.126. The molecule has 0 aromatic heterocycles. The van der Waals surface area contributed by atoms with Gasteiger partial charge >= 0.3 is 0 Å². The number of phenols is 1. The molecule has 5 heteroatoms. The molecule has 0 aliphatic carbocycles. The van der Waals surface area contributed by atoms with Gasteiger partial charge in [0.1, 0.15) is 5.75 Å². The smallest absolute Gasteiger partial charge is 0.246 e. The lowest BCUT2D eigenvalue weighted by Crippen LogP contribution is -2.38. The molecule has 2 fully saturated rings. The molecule has 0 spiro atoms. The second kappa shape index (κ2) is 7.75. The van der Waals surface area contributed by atoms with Crippen LogP contribution in [0.3, 0.4) is 0 Å². The lowest BCUT2D eigenvalue weighted by Gasteiger charge is -2.25. The van der Waals surface area contributed by atoms with E-state index in [1.807, 2.05) is 53.4 Å². The average molecular weight is 383 g/mol. The molecule has 2 aliphatic rings. The van der Waals surface area contributed by atoms with Crippen LogP contribution in [0.25, 0.3) is 6.08 Å². The highest BCUT2D eigenvalue weighted by atomic mass is 35.5. The summed E-state index contributed by atoms with van der Waals surface area (Å²) in [5, 5.41) is 10.2. The number of halogens is 1. The van der Waals surface area contributed by atoms with Crippen LogP contribution in [0.5, 0.6) is 5.75 Å². The van der Waals surface area contributed by atoms with Crippen LogP contribution < -0.4 is 0 Å². The van der Waals surface area contributed by atoms with Crippen molar-refractivity contribution in [1.29, 1.82) is 0 Å². The Labute approximate surface area is 164 Å². The topological polar surface area (TPSA) is 43.8 Å². The van der Waals surface area contributed by atoms with Gasteiger partial charge in [-0.2, -0.15) is 0 Å². The van der Waals surface area contributed by atoms with Crippen molar-refractivity contribution in [2.45, 2.75) is 31.5 Å². The number of carbonyl (C=O) groups is 1. The van der Waals surface area contributed by atoms with Gasteiger partial charge in [-0.3, -0.25) is 9.69 Å². The van der Waals surface area contributed by atoms with Gasteiger partial charge in [-0.1, -0.05) is 54.1 Å². The highest BCUT2D eigenvalue weighted by Crippen LogP contribution is 2.35. The van der Waals surface area contributed by atoms with Crippen LogP contribution in [-0.4, -0.2) is 46.0 Å². The molecule has 1 N–H and O–H groups in total. The van der Waals surface area contributed by atoms with Crippen molar-refractivity contribution in [3.8, 4) is 5.75 Å². The van der Waals surface area contributed by atoms with Gasteiger partial charge in [-0.25, -0.2) is 0 Å². The number of benzene rings is 2. The van der Waals surface area contributed by atoms with E-state index in [1.165, 1.54) is 0 Å². The van der Waals surface area contributed by atoms with E-state index in [9.17, 15) is 9.90 Å². The number of nitrogens with zero attached hydrogens (tertiary/aromatic N) is 2. The molecule has 27 heavy (non-hydrogen) atoms. The van der Waals surface area contributed by atoms with Crippen LogP contribution in [0.4, 0.5) is 0 Å². The van der Waals surface area contributed by atoms with Gasteiger partial charge < -0.3 is 10.0 Å². The molecule has 4 nitrogen and oxygen atoms in total. The summed E-state index contributed by atoms with van der Waals surface area (Å²) in [6.45, 7) is 2.43. The standard InChI is InChI=1S/C22H23ClN2O2/c23-22-17(7-4-8-20(22)26)15-24-13-11-19-18(24)12-14-25(19)21(27)10-9-16-5-2-1-3-6-16/h1-10,18-19,26H,11-15H2/b10-9+/t18-,19-/m0/s1. The predicted octanol–water partition coefficient (Wildman–Crippen LogP) is 3.93. The Kier molecular flexibility index (Phi) is 5.19. The molecule has 2 atom stereocenters. The highest BCUT2D eigenvalue weighted by Gasteiger charge is 2.43. The van der Waals surface area contributed by atoms with Gasteiger partial charge in [0.2, 0.25) is 5.91 Å². The van der Waals surface area contributed by atoms with E-state index in [4.69, 9.17) is 11.6 Å². The first kappa shape index (κ1) is 18.1. The molecule has 0 unspecified atom stereocenters. The van der Waals surface area contributed by atoms with E-state index < -0.39 is 0 Å². The van der Waals surface area contributed by atoms with Gasteiger partial charge in [-0.15, -0.1) is 0 Å². The summed E-state index contributed by atoms with van der Waals surface area (Å²) >= 11 is 6.24. The maximum Gasteiger partial charge on any atom is 0.246 e. The van der Waals surface area contributed by atoms with Crippen molar-refractivity contribution in [3.63, 3.8) is 0 Å². The van der Waals surface area contributed by atoms with Gasteiger partial charge in [-0.05, 0) is 36.1 Å². The molecule has 2 aliphatic heterocycles. The van der Waals surface area contributed by atoms with E-state index in [-0.39, 0.29) is 17.7 Å². The summed E-state index contributed by atoms with van der Waals surface area (Å²) in [6, 6.07) is 15.9. The molecule has 0 bridgehead atoms. The third kappa shape index (κ3) is 3.73. The van der Waals surface area contributed by atoms with Crippen LogP contribution in [0.1, 0.15) is 24.0 Å². The van der Waals surface area contributed by atoms with Crippen LogP contribution in [-0.2, 0) is 11.3 Å². The monoisotopic (exact) mass is 382 g/mol. The minimum atomic E-state index is 0.0867. The fourth-order valence-electron chi connectivity index (χ4n) is 4.28. The minimum Gasteiger partial charge on any atom is -0.506 e. The predicted molar refractivity (Wildman–Crippen MR) is 108 cm³/mol. The lowest BCUT2D eigenvalue weighted by atomic mass is 10.1. The van der Waals surface area contributed by atoms with Crippen molar-refractivity contribution in [1.82, 2.24) is 9.80 Å². The van der Waals surface area contributed by atoms with Gasteiger partial charge in [0, 0.05) is 37.8 Å². The van der Waals surface area contributed by atoms with E-state index in [1.54, 1.807) is 12.1 Å². The van der Waals surface area contributed by atoms with Crippen LogP contribution in [0, 0.1) is 0 Å². The number of likely N-dealkylation sites (tertiary alicyclic amines) is 2. The van der Waals surface area contributed by atoms with Crippen molar-refractivity contribution in [2.75, 3.05) is 13.1 Å². The average Bonchev–Trinajstić information content (AvgIpc) is 3.27. The zero-order valence-electron chi connectivity index (χ0n) is 15.1. The SMILES string of the molecule is O=C(/C=C/c1ccccc1)N1CC[C@H]2[C@@H]1CCN2Cc1cccc(O)c1Cl. The molecule has 0 saturated carbocycles. The number of aromatic hydroxyl groups is 1. The Morgan fingerprint density at radius 1 is 1.07 bits per heavy atom. The van der Waals surface area contributed by atoms with Crippen molar-refractivity contribution in [2.24, 2.45) is 0 Å². The largest absolute Gasteiger partial charge is 0.506 e. The summed E-state index contributed by atoms with van der Waals surface area (Å²) in [6.07, 6.45) is 5.53. The summed E-state index contributed by atoms with van der Waals surface area (Å²) in [5.74, 6) is 0.211. The van der Waals surface area contributed by atoms with Crippen LogP contribution in [0.2, 0.25) is 5.02 Å². The molecular formula is C22H23ClN2O2. The molecule has 0 radical (unpaired) electrons. The van der Waals surface area contributed by atoms with Gasteiger partial charge in [0.25, 0.3) is 0 Å². The number of fused-ring (bicyclic) bond motifs is 1. The quantitative estimate of drug-likeness (QED) is 0.815. The number of hydrogen-bond donors (Lipinski definition) is 1. The Balaban J connectivity index is 1.42. The minimum absolute atomic E-state index is 0.0867. The van der Waals surface area contributed by atoms with E-state index in [0.717, 1.165) is 37.1 Å². The number of carbonyl (C=O) groups excluding carboxylic acids is 1. The number of hydrogen-bond acceptors (Lipinski definition) is 3. The maximum atomic E-state index is 12.7. The molecule has 4 rings (SSSR count). The molecule has 2 saturated heterocycles. The zero-order chi connectivity index (χ0) is 18.8. The maximum absolute atomic E-state index is 12.7. The number of phenolic OH excluding ortho intramolecular Hbond substituents is 1. The number of rotatable bonds is 4. The molecule has 2 aromatic rings. The molecule has 1 amide bonds.